The summed E-state index contributed by atoms with van der Waals surface area (Å²) in [5.74, 6) is 2.91. The predicted octanol–water partition coefficient (Wildman–Crippen LogP) is 5.19. The summed E-state index contributed by atoms with van der Waals surface area (Å²) in [5.41, 5.74) is 2.95. The molecule has 3 aliphatic carbocycles. The van der Waals surface area contributed by atoms with Crippen molar-refractivity contribution < 1.29 is 13.2 Å². The first kappa shape index (κ1) is 22.2. The van der Waals surface area contributed by atoms with Crippen LogP contribution in [0.25, 0.3) is 5.57 Å². The van der Waals surface area contributed by atoms with Gasteiger partial charge in [0, 0.05) is 25.8 Å². The summed E-state index contributed by atoms with van der Waals surface area (Å²) in [7, 11) is -1.15. The van der Waals surface area contributed by atoms with Crippen molar-refractivity contribution >= 4 is 21.3 Å². The molecule has 1 aromatic carbocycles. The molecule has 5 rings (SSSR count). The summed E-state index contributed by atoms with van der Waals surface area (Å²) in [5, 5.41) is 0. The van der Waals surface area contributed by atoms with Crippen LogP contribution in [0.15, 0.2) is 35.2 Å². The van der Waals surface area contributed by atoms with Gasteiger partial charge in [-0.05, 0) is 89.9 Å². The highest BCUT2D eigenvalue weighted by atomic mass is 32.2. The van der Waals surface area contributed by atoms with Crippen molar-refractivity contribution in [3.05, 3.63) is 35.9 Å². The molecule has 1 aliphatic heterocycles. The predicted molar refractivity (Wildman–Crippen MR) is 128 cm³/mol. The maximum absolute atomic E-state index is 12.5. The minimum atomic E-state index is -3.18. The van der Waals surface area contributed by atoms with E-state index in [1.54, 1.807) is 12.1 Å². The number of amides is 1. The van der Waals surface area contributed by atoms with Crippen molar-refractivity contribution in [3.63, 3.8) is 0 Å². The lowest BCUT2D eigenvalue weighted by molar-refractivity contribution is -0.162. The summed E-state index contributed by atoms with van der Waals surface area (Å²) < 4.78 is 23.8. The van der Waals surface area contributed by atoms with Crippen LogP contribution in [0.1, 0.15) is 64.9 Å². The maximum atomic E-state index is 12.5. The molecule has 0 N–H and O–H groups in total. The molecule has 0 aromatic heterocycles. The van der Waals surface area contributed by atoms with E-state index in [0.717, 1.165) is 19.3 Å². The normalized spacial score (nSPS) is 41.5. The number of allylic oxidation sites excluding steroid dienone is 2. The SMILES string of the molecule is CC1CC2N(C)C(=O)CC[C@]2(C)[C@@H]2CC[C@]3(C)C(c4ccc(S(C)(=O)=O)cc4)=CC[C@H]3[C@H]12. The Bertz CT molecular complexity index is 1070. The molecular formula is C27H37NO3S. The van der Waals surface area contributed by atoms with Crippen molar-refractivity contribution in [1.82, 2.24) is 4.90 Å². The molecule has 1 saturated heterocycles. The lowest BCUT2D eigenvalue weighted by Crippen LogP contribution is -2.63. The molecule has 7 atom stereocenters. The molecule has 0 spiro atoms. The highest BCUT2D eigenvalue weighted by Gasteiger charge is 2.61. The zero-order valence-electron chi connectivity index (χ0n) is 20.1. The number of likely N-dealkylation sites (tertiary alicyclic amines) is 1. The molecule has 2 unspecified atom stereocenters. The molecule has 1 aromatic rings. The molecule has 3 fully saturated rings. The third-order valence-corrected chi connectivity index (χ3v) is 11.2. The first-order chi connectivity index (χ1) is 15.0. The third-order valence-electron chi connectivity index (χ3n) is 10.1. The number of piperidine rings is 1. The number of hydrogen-bond donors (Lipinski definition) is 0. The van der Waals surface area contributed by atoms with Crippen molar-refractivity contribution in [1.29, 1.82) is 0 Å². The first-order valence-electron chi connectivity index (χ1n) is 12.2. The first-order valence-corrected chi connectivity index (χ1v) is 14.1. The second kappa shape index (κ2) is 7.19. The summed E-state index contributed by atoms with van der Waals surface area (Å²) in [6.07, 6.45) is 10.1. The number of rotatable bonds is 2. The average Bonchev–Trinajstić information content (AvgIpc) is 3.09. The van der Waals surface area contributed by atoms with Crippen LogP contribution in [0.5, 0.6) is 0 Å². The highest BCUT2D eigenvalue weighted by molar-refractivity contribution is 7.90. The zero-order chi connectivity index (χ0) is 23.1. The van der Waals surface area contributed by atoms with Crippen molar-refractivity contribution in [3.8, 4) is 0 Å². The number of benzene rings is 1. The van der Waals surface area contributed by atoms with E-state index < -0.39 is 9.84 Å². The molecule has 2 saturated carbocycles. The van der Waals surface area contributed by atoms with Gasteiger partial charge in [-0.3, -0.25) is 4.79 Å². The van der Waals surface area contributed by atoms with Crippen LogP contribution in [0, 0.1) is 34.5 Å². The van der Waals surface area contributed by atoms with Crippen LogP contribution in [-0.4, -0.2) is 38.6 Å². The van der Waals surface area contributed by atoms with Crippen LogP contribution in [-0.2, 0) is 14.6 Å². The quantitative estimate of drug-likeness (QED) is 0.616. The Morgan fingerprint density at radius 3 is 2.41 bits per heavy atom. The summed E-state index contributed by atoms with van der Waals surface area (Å²) in [4.78, 5) is 14.9. The van der Waals surface area contributed by atoms with Gasteiger partial charge in [0.25, 0.3) is 0 Å². The standard InChI is InChI=1S/C27H37NO3S/c1-17-16-23-27(3,15-13-24(29)28(23)4)22-12-14-26(2)20(10-11-21(26)25(17)22)18-6-8-19(9-7-18)32(5,30)31/h6-10,17,21-23,25H,11-16H2,1-5H3/t17?,21-,22+,23?,25-,26+,27+/m0/s1. The molecule has 4 aliphatic rings. The third kappa shape index (κ3) is 3.06. The molecule has 32 heavy (non-hydrogen) atoms. The minimum Gasteiger partial charge on any atom is -0.342 e. The number of nitrogens with zero attached hydrogens (tertiary/aromatic N) is 1. The molecule has 4 nitrogen and oxygen atoms in total. The fraction of sp³-hybridized carbons (Fsp3) is 0.667. The van der Waals surface area contributed by atoms with Crippen LogP contribution >= 0.6 is 0 Å². The van der Waals surface area contributed by atoms with E-state index in [1.165, 1.54) is 30.2 Å². The second-order valence-electron chi connectivity index (χ2n) is 11.6. The van der Waals surface area contributed by atoms with Crippen LogP contribution < -0.4 is 0 Å². The van der Waals surface area contributed by atoms with E-state index in [2.05, 4.69) is 31.7 Å². The van der Waals surface area contributed by atoms with E-state index in [4.69, 9.17) is 0 Å². The Balaban J connectivity index is 1.46. The Labute approximate surface area is 193 Å². The van der Waals surface area contributed by atoms with Gasteiger partial charge in [-0.25, -0.2) is 8.42 Å². The van der Waals surface area contributed by atoms with Gasteiger partial charge in [-0.15, -0.1) is 0 Å². The van der Waals surface area contributed by atoms with E-state index in [9.17, 15) is 13.2 Å². The van der Waals surface area contributed by atoms with Gasteiger partial charge >= 0.3 is 0 Å². The van der Waals surface area contributed by atoms with Crippen molar-refractivity contribution in [2.75, 3.05) is 13.3 Å². The van der Waals surface area contributed by atoms with Gasteiger partial charge in [0.05, 0.1) is 4.90 Å². The lowest BCUT2D eigenvalue weighted by Gasteiger charge is -2.63. The minimum absolute atomic E-state index is 0.140. The van der Waals surface area contributed by atoms with E-state index in [1.807, 2.05) is 19.2 Å². The number of carbonyl (C=O) groups is 1. The molecule has 0 radical (unpaired) electrons. The Morgan fingerprint density at radius 1 is 1.06 bits per heavy atom. The van der Waals surface area contributed by atoms with Gasteiger partial charge in [-0.1, -0.05) is 39.0 Å². The Kier molecular flexibility index (Phi) is 4.98. The zero-order valence-corrected chi connectivity index (χ0v) is 20.9. The molecule has 0 bridgehead atoms. The fourth-order valence-electron chi connectivity index (χ4n) is 8.36. The topological polar surface area (TPSA) is 54.5 Å². The monoisotopic (exact) mass is 455 g/mol. The summed E-state index contributed by atoms with van der Waals surface area (Å²) >= 11 is 0. The maximum Gasteiger partial charge on any atom is 0.222 e. The van der Waals surface area contributed by atoms with Crippen molar-refractivity contribution in [2.24, 2.45) is 34.5 Å². The molecular weight excluding hydrogens is 418 g/mol. The largest absolute Gasteiger partial charge is 0.342 e. The molecule has 174 valence electrons. The number of carbonyl (C=O) groups excluding carboxylic acids is 1. The Morgan fingerprint density at radius 2 is 1.75 bits per heavy atom. The molecule has 1 heterocycles. The van der Waals surface area contributed by atoms with Crippen LogP contribution in [0.4, 0.5) is 0 Å². The summed E-state index contributed by atoms with van der Waals surface area (Å²) in [6.45, 7) is 7.35. The average molecular weight is 456 g/mol. The van der Waals surface area contributed by atoms with Gasteiger partial charge in [0.2, 0.25) is 5.91 Å². The van der Waals surface area contributed by atoms with Gasteiger partial charge in [0.1, 0.15) is 0 Å². The van der Waals surface area contributed by atoms with Gasteiger partial charge < -0.3 is 4.90 Å². The highest BCUT2D eigenvalue weighted by Crippen LogP contribution is 2.67. The smallest absolute Gasteiger partial charge is 0.222 e. The van der Waals surface area contributed by atoms with E-state index >= 15 is 0 Å². The second-order valence-corrected chi connectivity index (χ2v) is 13.7. The number of hydrogen-bond acceptors (Lipinski definition) is 3. The molecule has 5 heteroatoms. The van der Waals surface area contributed by atoms with Gasteiger partial charge in [-0.2, -0.15) is 0 Å². The molecule has 1 amide bonds. The Hall–Kier alpha value is -1.62. The van der Waals surface area contributed by atoms with E-state index in [0.29, 0.717) is 46.9 Å². The van der Waals surface area contributed by atoms with Crippen molar-refractivity contribution in [2.45, 2.75) is 70.2 Å². The summed E-state index contributed by atoms with van der Waals surface area (Å²) in [6, 6.07) is 7.91. The fourth-order valence-corrected chi connectivity index (χ4v) is 8.99. The number of sulfone groups is 1. The van der Waals surface area contributed by atoms with Gasteiger partial charge in [0.15, 0.2) is 9.84 Å². The van der Waals surface area contributed by atoms with Crippen LogP contribution in [0.3, 0.4) is 0 Å². The van der Waals surface area contributed by atoms with E-state index in [-0.39, 0.29) is 10.8 Å². The van der Waals surface area contributed by atoms with Crippen LogP contribution in [0.2, 0.25) is 0 Å². The number of fused-ring (bicyclic) bond motifs is 5. The lowest BCUT2D eigenvalue weighted by atomic mass is 9.44.